The molecule has 0 aliphatic heterocycles. The van der Waals surface area contributed by atoms with Crippen LogP contribution in [-0.4, -0.2) is 35.7 Å². The van der Waals surface area contributed by atoms with Gasteiger partial charge in [0.2, 0.25) is 5.75 Å². The number of benzene rings is 3. The number of anilines is 1. The molecule has 2 heterocycles. The van der Waals surface area contributed by atoms with Crippen molar-refractivity contribution in [3.63, 3.8) is 0 Å². The molecule has 7 heteroatoms. The Morgan fingerprint density at radius 1 is 0.771 bits per heavy atom. The first kappa shape index (κ1) is 22.3. The zero-order chi connectivity index (χ0) is 24.2. The van der Waals surface area contributed by atoms with Crippen molar-refractivity contribution in [3.05, 3.63) is 90.9 Å². The lowest BCUT2D eigenvalue weighted by atomic mass is 10.1. The normalized spacial score (nSPS) is 10.8. The van der Waals surface area contributed by atoms with Gasteiger partial charge >= 0.3 is 0 Å². The molecule has 2 aromatic heterocycles. The molecule has 5 rings (SSSR count). The van der Waals surface area contributed by atoms with E-state index in [9.17, 15) is 0 Å². The van der Waals surface area contributed by atoms with E-state index in [4.69, 9.17) is 14.2 Å². The van der Waals surface area contributed by atoms with E-state index < -0.39 is 0 Å². The summed E-state index contributed by atoms with van der Waals surface area (Å²) in [5.74, 6) is 1.73. The van der Waals surface area contributed by atoms with Gasteiger partial charge in [-0.25, -0.2) is 4.98 Å². The lowest BCUT2D eigenvalue weighted by Crippen LogP contribution is -1.99. The molecule has 0 unspecified atom stereocenters. The molecule has 0 aliphatic carbocycles. The molecule has 0 amide bonds. The van der Waals surface area contributed by atoms with Gasteiger partial charge in [-0.1, -0.05) is 42.5 Å². The largest absolute Gasteiger partial charge is 0.493 e. The Kier molecular flexibility index (Phi) is 6.22. The maximum absolute atomic E-state index is 5.53. The van der Waals surface area contributed by atoms with Crippen LogP contribution in [0.4, 0.5) is 5.69 Å². The second-order valence-electron chi connectivity index (χ2n) is 7.97. The number of ether oxygens (including phenoxy) is 3. The Morgan fingerprint density at radius 3 is 2.14 bits per heavy atom. The van der Waals surface area contributed by atoms with E-state index in [0.29, 0.717) is 17.2 Å². The van der Waals surface area contributed by atoms with Gasteiger partial charge in [0, 0.05) is 29.6 Å². The number of rotatable bonds is 8. The molecule has 5 aromatic rings. The van der Waals surface area contributed by atoms with Crippen LogP contribution in [0.1, 0.15) is 5.56 Å². The monoisotopic (exact) mass is 466 g/mol. The van der Waals surface area contributed by atoms with Crippen molar-refractivity contribution in [2.45, 2.75) is 6.54 Å². The van der Waals surface area contributed by atoms with E-state index >= 15 is 0 Å². The Bertz CT molecular complexity index is 1420. The van der Waals surface area contributed by atoms with Gasteiger partial charge in [0.15, 0.2) is 17.1 Å². The molecule has 0 aliphatic rings. The highest BCUT2D eigenvalue weighted by atomic mass is 16.5. The standard InChI is InChI=1S/C28H26N4O3/c1-33-25-13-21(14-26(34-2)28(25)35-3)24-16-31-27-17-30-23(18-32(24)27)20-11-9-19(10-12-20)15-29-22-7-5-4-6-8-22/h4-14,16-18,29H,15H2,1-3H3. The van der Waals surface area contributed by atoms with Crippen LogP contribution in [0, 0.1) is 0 Å². The van der Waals surface area contributed by atoms with Crippen LogP contribution in [0.5, 0.6) is 17.2 Å². The molecule has 7 nitrogen and oxygen atoms in total. The Labute approximate surface area is 204 Å². The zero-order valence-electron chi connectivity index (χ0n) is 19.9. The fourth-order valence-electron chi connectivity index (χ4n) is 4.03. The number of imidazole rings is 1. The predicted octanol–water partition coefficient (Wildman–Crippen LogP) is 5.70. The van der Waals surface area contributed by atoms with E-state index in [1.54, 1.807) is 27.5 Å². The second-order valence-corrected chi connectivity index (χ2v) is 7.97. The fourth-order valence-corrected chi connectivity index (χ4v) is 4.03. The van der Waals surface area contributed by atoms with Gasteiger partial charge in [-0.2, -0.15) is 0 Å². The van der Waals surface area contributed by atoms with Crippen molar-refractivity contribution in [2.24, 2.45) is 0 Å². The second kappa shape index (κ2) is 9.77. The molecule has 0 saturated heterocycles. The van der Waals surface area contributed by atoms with Crippen LogP contribution in [0.25, 0.3) is 28.2 Å². The summed E-state index contributed by atoms with van der Waals surface area (Å²) in [4.78, 5) is 9.16. The molecule has 35 heavy (non-hydrogen) atoms. The number of nitrogens with zero attached hydrogens (tertiary/aromatic N) is 3. The first-order chi connectivity index (χ1) is 17.2. The molecule has 0 fully saturated rings. The van der Waals surface area contributed by atoms with Gasteiger partial charge in [-0.15, -0.1) is 0 Å². The van der Waals surface area contributed by atoms with Gasteiger partial charge in [0.1, 0.15) is 0 Å². The molecular formula is C28H26N4O3. The highest BCUT2D eigenvalue weighted by Gasteiger charge is 2.16. The quantitative estimate of drug-likeness (QED) is 0.316. The lowest BCUT2D eigenvalue weighted by Gasteiger charge is -2.14. The van der Waals surface area contributed by atoms with Crippen molar-refractivity contribution in [1.29, 1.82) is 0 Å². The topological polar surface area (TPSA) is 69.9 Å². The predicted molar refractivity (Wildman–Crippen MR) is 137 cm³/mol. The van der Waals surface area contributed by atoms with Gasteiger partial charge in [-0.05, 0) is 29.8 Å². The Balaban J connectivity index is 1.45. The molecule has 176 valence electrons. The minimum atomic E-state index is 0.553. The summed E-state index contributed by atoms with van der Waals surface area (Å²) in [6.07, 6.45) is 5.60. The summed E-state index contributed by atoms with van der Waals surface area (Å²) >= 11 is 0. The van der Waals surface area contributed by atoms with E-state index in [1.165, 1.54) is 5.56 Å². The number of hydrogen-bond acceptors (Lipinski definition) is 6. The smallest absolute Gasteiger partial charge is 0.203 e. The van der Waals surface area contributed by atoms with Crippen LogP contribution < -0.4 is 19.5 Å². The summed E-state index contributed by atoms with van der Waals surface area (Å²) < 4.78 is 18.5. The van der Waals surface area contributed by atoms with E-state index in [0.717, 1.165) is 40.4 Å². The number of nitrogens with one attached hydrogen (secondary N) is 1. The lowest BCUT2D eigenvalue weighted by molar-refractivity contribution is 0.324. The van der Waals surface area contributed by atoms with Crippen molar-refractivity contribution in [1.82, 2.24) is 14.4 Å². The van der Waals surface area contributed by atoms with Crippen LogP contribution in [0.2, 0.25) is 0 Å². The molecule has 1 N–H and O–H groups in total. The summed E-state index contributed by atoms with van der Waals surface area (Å²) in [6, 6.07) is 22.4. The summed E-state index contributed by atoms with van der Waals surface area (Å²) in [5.41, 5.74) is 6.72. The first-order valence-electron chi connectivity index (χ1n) is 11.2. The number of fused-ring (bicyclic) bond motifs is 1. The number of para-hydroxylation sites is 1. The minimum Gasteiger partial charge on any atom is -0.493 e. The van der Waals surface area contributed by atoms with E-state index in [-0.39, 0.29) is 0 Å². The number of aromatic nitrogens is 3. The third-order valence-corrected chi connectivity index (χ3v) is 5.88. The molecule has 0 spiro atoms. The Hall–Kier alpha value is -4.52. The Morgan fingerprint density at radius 2 is 1.49 bits per heavy atom. The highest BCUT2D eigenvalue weighted by Crippen LogP contribution is 2.41. The highest BCUT2D eigenvalue weighted by molar-refractivity contribution is 5.71. The third-order valence-electron chi connectivity index (χ3n) is 5.88. The summed E-state index contributed by atoms with van der Waals surface area (Å²) in [6.45, 7) is 0.754. The molecule has 0 saturated carbocycles. The zero-order valence-corrected chi connectivity index (χ0v) is 19.9. The summed E-state index contributed by atoms with van der Waals surface area (Å²) in [5, 5.41) is 3.44. The van der Waals surface area contributed by atoms with Gasteiger partial charge in [0.25, 0.3) is 0 Å². The molecule has 0 bridgehead atoms. The molecule has 3 aromatic carbocycles. The molecule has 0 radical (unpaired) electrons. The van der Waals surface area contributed by atoms with Crippen LogP contribution >= 0.6 is 0 Å². The van der Waals surface area contributed by atoms with Crippen molar-refractivity contribution < 1.29 is 14.2 Å². The van der Waals surface area contributed by atoms with E-state index in [2.05, 4.69) is 51.7 Å². The van der Waals surface area contributed by atoms with Crippen LogP contribution in [0.3, 0.4) is 0 Å². The van der Waals surface area contributed by atoms with Crippen molar-refractivity contribution in [2.75, 3.05) is 26.6 Å². The van der Waals surface area contributed by atoms with Crippen LogP contribution in [-0.2, 0) is 6.54 Å². The maximum Gasteiger partial charge on any atom is 0.203 e. The fraction of sp³-hybridized carbons (Fsp3) is 0.143. The maximum atomic E-state index is 5.53. The molecular weight excluding hydrogens is 440 g/mol. The third kappa shape index (κ3) is 4.48. The molecule has 0 atom stereocenters. The van der Waals surface area contributed by atoms with E-state index in [1.807, 2.05) is 47.1 Å². The number of methoxy groups -OCH3 is 3. The SMILES string of the molecule is COc1cc(-c2cnc3cnc(-c4ccc(CNc5ccccc5)cc4)cn23)cc(OC)c1OC. The van der Waals surface area contributed by atoms with Crippen molar-refractivity contribution >= 4 is 11.3 Å². The van der Waals surface area contributed by atoms with Crippen molar-refractivity contribution in [3.8, 4) is 39.8 Å². The average Bonchev–Trinajstić information content (AvgIpc) is 3.35. The minimum absolute atomic E-state index is 0.553. The van der Waals surface area contributed by atoms with Gasteiger partial charge in [0.05, 0.1) is 45.1 Å². The average molecular weight is 467 g/mol. The van der Waals surface area contributed by atoms with Gasteiger partial charge in [-0.3, -0.25) is 9.38 Å². The number of hydrogen-bond donors (Lipinski definition) is 1. The first-order valence-corrected chi connectivity index (χ1v) is 11.2. The van der Waals surface area contributed by atoms with Crippen LogP contribution in [0.15, 0.2) is 85.3 Å². The van der Waals surface area contributed by atoms with Gasteiger partial charge < -0.3 is 19.5 Å². The summed E-state index contributed by atoms with van der Waals surface area (Å²) in [7, 11) is 4.81.